The number of aliphatic hydroxyl groups excluding tert-OH is 1. The number of ether oxygens (including phenoxy) is 3. The molecule has 3 rings (SSSR count). The molecule has 6 unspecified atom stereocenters. The summed E-state index contributed by atoms with van der Waals surface area (Å²) in [6.07, 6.45) is 18.6. The fraction of sp³-hybridized carbons (Fsp3) is 0.939. The molecule has 0 bridgehead atoms. The molecular formula is C33H61N2O6+. The molecule has 8 nitrogen and oxygen atoms in total. The van der Waals surface area contributed by atoms with Crippen LogP contribution in [-0.4, -0.2) is 61.3 Å². The van der Waals surface area contributed by atoms with Gasteiger partial charge in [0, 0.05) is 33.8 Å². The van der Waals surface area contributed by atoms with E-state index in [1.54, 1.807) is 7.11 Å². The van der Waals surface area contributed by atoms with Crippen molar-refractivity contribution in [2.75, 3.05) is 13.7 Å². The summed E-state index contributed by atoms with van der Waals surface area (Å²) < 4.78 is 17.2. The number of piperidine rings is 1. The number of carbonyl (C=O) groups is 2. The van der Waals surface area contributed by atoms with E-state index in [-0.39, 0.29) is 36.4 Å². The standard InChI is InChI=1S/C33H60N2O6/c1-23(36)40-28(14-10-5-4-7-11-25-12-8-6-9-13-25)21-29(41-24(2)37)16-15-26-19-32(39-3)31(38)22-30(26)27-17-18-35-33(34)20-27/h25-33,35,38H,4-22,34H2,1-3H3/p+1/t26?,27?,28-,29+,30?,31?,32?,33?/m0/s1. The molecule has 0 spiro atoms. The number of hydrogen-bond donors (Lipinski definition) is 3. The zero-order valence-corrected chi connectivity index (χ0v) is 26.3. The van der Waals surface area contributed by atoms with E-state index in [1.807, 2.05) is 0 Å². The van der Waals surface area contributed by atoms with Gasteiger partial charge in [-0.25, -0.2) is 0 Å². The minimum atomic E-state index is -0.455. The predicted octanol–water partition coefficient (Wildman–Crippen LogP) is 4.60. The molecule has 2 saturated carbocycles. The number of nitrogens with two attached hydrogens (primary N) is 2. The number of unbranched alkanes of at least 4 members (excludes halogenated alkanes) is 3. The molecule has 0 aromatic heterocycles. The smallest absolute Gasteiger partial charge is 0.302 e. The lowest BCUT2D eigenvalue weighted by atomic mass is 9.66. The first-order valence-electron chi connectivity index (χ1n) is 16.9. The van der Waals surface area contributed by atoms with Crippen molar-refractivity contribution in [1.82, 2.24) is 0 Å². The third-order valence-corrected chi connectivity index (χ3v) is 10.2. The van der Waals surface area contributed by atoms with Crippen LogP contribution in [0.4, 0.5) is 0 Å². The van der Waals surface area contributed by atoms with E-state index in [9.17, 15) is 14.7 Å². The lowest BCUT2D eigenvalue weighted by Gasteiger charge is -2.44. The van der Waals surface area contributed by atoms with Crippen LogP contribution in [0.1, 0.15) is 129 Å². The topological polar surface area (TPSA) is 125 Å². The van der Waals surface area contributed by atoms with Crippen molar-refractivity contribution in [1.29, 1.82) is 0 Å². The second-order valence-corrected chi connectivity index (χ2v) is 13.5. The molecule has 0 amide bonds. The predicted molar refractivity (Wildman–Crippen MR) is 160 cm³/mol. The number of methoxy groups -OCH3 is 1. The van der Waals surface area contributed by atoms with Gasteiger partial charge in [-0.05, 0) is 68.6 Å². The van der Waals surface area contributed by atoms with E-state index in [2.05, 4.69) is 5.32 Å². The molecule has 8 atom stereocenters. The van der Waals surface area contributed by atoms with Crippen LogP contribution in [0.25, 0.3) is 0 Å². The Labute approximate surface area is 249 Å². The monoisotopic (exact) mass is 581 g/mol. The Kier molecular flexibility index (Phi) is 15.4. The van der Waals surface area contributed by atoms with Crippen molar-refractivity contribution in [3.63, 3.8) is 0 Å². The van der Waals surface area contributed by atoms with Gasteiger partial charge in [0.25, 0.3) is 0 Å². The molecule has 0 radical (unpaired) electrons. The average molecular weight is 582 g/mol. The molecule has 1 aliphatic heterocycles. The van der Waals surface area contributed by atoms with Crippen LogP contribution in [0.5, 0.6) is 0 Å². The first-order valence-corrected chi connectivity index (χ1v) is 16.9. The minimum Gasteiger partial charge on any atom is -0.462 e. The summed E-state index contributed by atoms with van der Waals surface area (Å²) in [6.45, 7) is 3.95. The Bertz CT molecular complexity index is 760. The van der Waals surface area contributed by atoms with Gasteiger partial charge in [0.05, 0.1) is 18.8 Å². The van der Waals surface area contributed by atoms with Crippen LogP contribution >= 0.6 is 0 Å². The molecule has 238 valence electrons. The van der Waals surface area contributed by atoms with E-state index in [0.29, 0.717) is 24.2 Å². The van der Waals surface area contributed by atoms with Gasteiger partial charge >= 0.3 is 11.9 Å². The number of carbonyl (C=O) groups excluding carboxylic acids is 2. The van der Waals surface area contributed by atoms with Crippen LogP contribution in [0.15, 0.2) is 0 Å². The minimum absolute atomic E-state index is 0.122. The summed E-state index contributed by atoms with van der Waals surface area (Å²) in [6, 6.07) is 0. The van der Waals surface area contributed by atoms with Crippen LogP contribution in [-0.2, 0) is 23.8 Å². The Morgan fingerprint density at radius 3 is 2.22 bits per heavy atom. The summed E-state index contributed by atoms with van der Waals surface area (Å²) in [5.41, 5.74) is 6.30. The Morgan fingerprint density at radius 2 is 1.56 bits per heavy atom. The summed E-state index contributed by atoms with van der Waals surface area (Å²) in [7, 11) is 1.68. The summed E-state index contributed by atoms with van der Waals surface area (Å²) in [5, 5.41) is 13.0. The van der Waals surface area contributed by atoms with E-state index < -0.39 is 6.10 Å². The largest absolute Gasteiger partial charge is 0.462 e. The molecule has 41 heavy (non-hydrogen) atoms. The zero-order chi connectivity index (χ0) is 29.6. The highest BCUT2D eigenvalue weighted by Crippen LogP contribution is 2.42. The van der Waals surface area contributed by atoms with Crippen LogP contribution in [0, 0.1) is 23.7 Å². The molecule has 5 N–H and O–H groups in total. The fourth-order valence-corrected chi connectivity index (χ4v) is 8.14. The van der Waals surface area contributed by atoms with Crippen molar-refractivity contribution in [2.24, 2.45) is 29.4 Å². The van der Waals surface area contributed by atoms with E-state index in [0.717, 1.165) is 70.3 Å². The number of rotatable bonds is 16. The van der Waals surface area contributed by atoms with Crippen molar-refractivity contribution in [2.45, 2.75) is 160 Å². The quantitative estimate of drug-likeness (QED) is 0.180. The first kappa shape index (κ1) is 34.3. The molecule has 8 heteroatoms. The maximum atomic E-state index is 12.1. The second kappa shape index (κ2) is 18.4. The van der Waals surface area contributed by atoms with Crippen LogP contribution in [0.2, 0.25) is 0 Å². The highest BCUT2D eigenvalue weighted by Gasteiger charge is 2.42. The molecule has 2 aliphatic carbocycles. The number of aliphatic hydroxyl groups is 1. The van der Waals surface area contributed by atoms with Crippen LogP contribution in [0.3, 0.4) is 0 Å². The fourth-order valence-electron chi connectivity index (χ4n) is 8.14. The van der Waals surface area contributed by atoms with Crippen molar-refractivity contribution >= 4 is 11.9 Å². The second-order valence-electron chi connectivity index (χ2n) is 13.5. The Balaban J connectivity index is 1.53. The van der Waals surface area contributed by atoms with E-state index >= 15 is 0 Å². The number of hydrogen-bond acceptors (Lipinski definition) is 7. The maximum absolute atomic E-state index is 12.1. The Hall–Kier alpha value is -1.22. The molecular weight excluding hydrogens is 520 g/mol. The van der Waals surface area contributed by atoms with Gasteiger partial charge in [-0.15, -0.1) is 0 Å². The highest BCUT2D eigenvalue weighted by atomic mass is 16.6. The van der Waals surface area contributed by atoms with Gasteiger partial charge < -0.3 is 24.6 Å². The normalized spacial score (nSPS) is 30.9. The third kappa shape index (κ3) is 12.5. The first-order chi connectivity index (χ1) is 19.7. The van der Waals surface area contributed by atoms with E-state index in [1.165, 1.54) is 65.2 Å². The van der Waals surface area contributed by atoms with E-state index in [4.69, 9.17) is 19.9 Å². The lowest BCUT2D eigenvalue weighted by Crippen LogP contribution is -2.94. The Morgan fingerprint density at radius 1 is 0.878 bits per heavy atom. The molecule has 3 fully saturated rings. The number of quaternary nitrogens is 1. The van der Waals surface area contributed by atoms with Crippen molar-refractivity contribution < 1.29 is 34.2 Å². The van der Waals surface area contributed by atoms with Gasteiger partial charge in [0.1, 0.15) is 18.4 Å². The zero-order valence-electron chi connectivity index (χ0n) is 26.3. The lowest BCUT2D eigenvalue weighted by molar-refractivity contribution is -0.699. The van der Waals surface area contributed by atoms with Crippen molar-refractivity contribution in [3.05, 3.63) is 0 Å². The van der Waals surface area contributed by atoms with Crippen molar-refractivity contribution in [3.8, 4) is 0 Å². The molecule has 1 saturated heterocycles. The van der Waals surface area contributed by atoms with Gasteiger partial charge in [0.15, 0.2) is 0 Å². The summed E-state index contributed by atoms with van der Waals surface area (Å²) >= 11 is 0. The molecule has 3 aliphatic rings. The van der Waals surface area contributed by atoms with Gasteiger partial charge in [0.2, 0.25) is 0 Å². The molecule has 0 aromatic rings. The highest BCUT2D eigenvalue weighted by molar-refractivity contribution is 5.66. The summed E-state index contributed by atoms with van der Waals surface area (Å²) in [5.74, 6) is 1.61. The van der Waals surface area contributed by atoms with Gasteiger partial charge in [-0.1, -0.05) is 57.8 Å². The SMILES string of the molecule is COC1CC(CC[C@H](C[C@H](CCCCCCC2CCCCC2)OC(C)=O)OC(C)=O)C(C2CC[NH2+]C(N)C2)CC1O. The summed E-state index contributed by atoms with van der Waals surface area (Å²) in [4.78, 5) is 24.0. The average Bonchev–Trinajstić information content (AvgIpc) is 2.93. The molecule has 1 heterocycles. The van der Waals surface area contributed by atoms with Gasteiger partial charge in [-0.3, -0.25) is 15.3 Å². The number of esters is 2. The maximum Gasteiger partial charge on any atom is 0.302 e. The third-order valence-electron chi connectivity index (χ3n) is 10.2. The molecule has 0 aromatic carbocycles. The van der Waals surface area contributed by atoms with Gasteiger partial charge in [-0.2, -0.15) is 0 Å². The van der Waals surface area contributed by atoms with Crippen LogP contribution < -0.4 is 11.1 Å².